The smallest absolute Gasteiger partial charge is 0.176 e. The number of β-amino-alcohol motifs (C(OH)–C–C–N with tert-alkyl or cyclic N) is 1. The first-order valence-corrected chi connectivity index (χ1v) is 8.55. The lowest BCUT2D eigenvalue weighted by Crippen LogP contribution is -2.47. The van der Waals surface area contributed by atoms with Gasteiger partial charge in [-0.25, -0.2) is 9.67 Å². The fraction of sp³-hybridized carbons (Fsp3) is 0.562. The van der Waals surface area contributed by atoms with E-state index in [4.69, 9.17) is 0 Å². The maximum absolute atomic E-state index is 11.2. The van der Waals surface area contributed by atoms with E-state index in [9.17, 15) is 5.11 Å². The average molecular weight is 342 g/mol. The van der Waals surface area contributed by atoms with Crippen molar-refractivity contribution in [2.75, 3.05) is 18.0 Å². The lowest BCUT2D eigenvalue weighted by atomic mass is 9.90. The van der Waals surface area contributed by atoms with E-state index in [-0.39, 0.29) is 6.04 Å². The van der Waals surface area contributed by atoms with Crippen molar-refractivity contribution in [3.63, 3.8) is 0 Å². The van der Waals surface area contributed by atoms with E-state index in [2.05, 4.69) is 30.4 Å². The predicted molar refractivity (Wildman–Crippen MR) is 91.3 cm³/mol. The van der Waals surface area contributed by atoms with Crippen LogP contribution in [0.15, 0.2) is 18.3 Å². The number of aryl methyl sites for hydroxylation is 1. The molecule has 0 amide bonds. The summed E-state index contributed by atoms with van der Waals surface area (Å²) in [5, 5.41) is 28.3. The van der Waals surface area contributed by atoms with Crippen LogP contribution in [0.2, 0.25) is 0 Å². The van der Waals surface area contributed by atoms with Crippen LogP contribution < -0.4 is 4.90 Å². The minimum absolute atomic E-state index is 0.212. The molecule has 4 rings (SSSR count). The van der Waals surface area contributed by atoms with Crippen molar-refractivity contribution < 1.29 is 5.11 Å². The van der Waals surface area contributed by atoms with Crippen LogP contribution in [0, 0.1) is 6.92 Å². The van der Waals surface area contributed by atoms with E-state index in [1.165, 1.54) is 4.63 Å². The van der Waals surface area contributed by atoms with Crippen molar-refractivity contribution in [2.24, 2.45) is 0 Å². The van der Waals surface area contributed by atoms with Crippen LogP contribution in [0.4, 0.5) is 5.82 Å². The molecule has 0 radical (unpaired) electrons. The highest BCUT2D eigenvalue weighted by molar-refractivity contribution is 5.46. The zero-order valence-corrected chi connectivity index (χ0v) is 14.7. The lowest BCUT2D eigenvalue weighted by Gasteiger charge is -2.38. The van der Waals surface area contributed by atoms with Gasteiger partial charge in [-0.2, -0.15) is 0 Å². The van der Waals surface area contributed by atoms with Crippen LogP contribution in [0.3, 0.4) is 0 Å². The molecule has 25 heavy (non-hydrogen) atoms. The first-order valence-electron chi connectivity index (χ1n) is 8.55. The van der Waals surface area contributed by atoms with Gasteiger partial charge < -0.3 is 10.0 Å². The Morgan fingerprint density at radius 1 is 1.24 bits per heavy atom. The van der Waals surface area contributed by atoms with Crippen LogP contribution in [-0.4, -0.2) is 53.0 Å². The number of piperidine rings is 1. The molecule has 0 bridgehead atoms. The molecular formula is C16H22N8O. The van der Waals surface area contributed by atoms with Gasteiger partial charge in [0.2, 0.25) is 0 Å². The summed E-state index contributed by atoms with van der Waals surface area (Å²) in [6, 6.07) is 4.02. The Balaban J connectivity index is 1.62. The van der Waals surface area contributed by atoms with Crippen LogP contribution in [0.1, 0.15) is 44.2 Å². The van der Waals surface area contributed by atoms with E-state index in [1.54, 1.807) is 4.68 Å². The molecule has 1 aliphatic rings. The molecule has 0 unspecified atom stereocenters. The highest BCUT2D eigenvalue weighted by Gasteiger charge is 2.38. The number of hydrogen-bond donors (Lipinski definition) is 1. The van der Waals surface area contributed by atoms with Gasteiger partial charge in [-0.05, 0) is 45.7 Å². The van der Waals surface area contributed by atoms with Crippen molar-refractivity contribution >= 4 is 11.5 Å². The molecule has 132 valence electrons. The summed E-state index contributed by atoms with van der Waals surface area (Å²) in [6.45, 7) is 7.17. The van der Waals surface area contributed by atoms with E-state index < -0.39 is 5.60 Å². The van der Waals surface area contributed by atoms with E-state index in [0.29, 0.717) is 30.1 Å². The number of aromatic nitrogens is 7. The third kappa shape index (κ3) is 2.84. The molecule has 0 aliphatic carbocycles. The Kier molecular flexibility index (Phi) is 3.68. The normalized spacial score (nSPS) is 21.4. The van der Waals surface area contributed by atoms with Crippen LogP contribution in [-0.2, 0) is 5.60 Å². The number of nitrogens with zero attached hydrogens (tertiary/aromatic N) is 8. The van der Waals surface area contributed by atoms with Crippen LogP contribution >= 0.6 is 0 Å². The number of fused-ring (bicyclic) bond motifs is 1. The summed E-state index contributed by atoms with van der Waals surface area (Å²) in [6.07, 6.45) is 3.34. The molecule has 1 N–H and O–H groups in total. The van der Waals surface area contributed by atoms with Crippen molar-refractivity contribution in [3.05, 3.63) is 29.8 Å². The van der Waals surface area contributed by atoms with E-state index in [0.717, 1.165) is 18.8 Å². The van der Waals surface area contributed by atoms with Gasteiger partial charge >= 0.3 is 0 Å². The first-order chi connectivity index (χ1) is 11.9. The molecule has 3 aromatic rings. The van der Waals surface area contributed by atoms with Gasteiger partial charge in [0.05, 0.1) is 12.7 Å². The molecule has 0 spiro atoms. The van der Waals surface area contributed by atoms with Gasteiger partial charge in [-0.1, -0.05) is 5.21 Å². The first kappa shape index (κ1) is 15.9. The molecule has 9 heteroatoms. The molecule has 4 heterocycles. The molecule has 9 nitrogen and oxygen atoms in total. The zero-order valence-electron chi connectivity index (χ0n) is 14.7. The Hall–Kier alpha value is -2.55. The van der Waals surface area contributed by atoms with Crippen molar-refractivity contribution in [3.8, 4) is 0 Å². The maximum Gasteiger partial charge on any atom is 0.176 e. The van der Waals surface area contributed by atoms with E-state index >= 15 is 0 Å². The largest absolute Gasteiger partial charge is 0.382 e. The van der Waals surface area contributed by atoms with Gasteiger partial charge in [0.25, 0.3) is 0 Å². The summed E-state index contributed by atoms with van der Waals surface area (Å²) in [5.41, 5.74) is 0.303. The second-order valence-corrected chi connectivity index (χ2v) is 6.93. The van der Waals surface area contributed by atoms with Crippen molar-refractivity contribution in [1.82, 2.24) is 34.8 Å². The fourth-order valence-corrected chi connectivity index (χ4v) is 3.23. The van der Waals surface area contributed by atoms with Crippen LogP contribution in [0.5, 0.6) is 0 Å². The van der Waals surface area contributed by atoms with Gasteiger partial charge in [0, 0.05) is 12.6 Å². The second-order valence-electron chi connectivity index (χ2n) is 6.93. The Morgan fingerprint density at radius 3 is 2.84 bits per heavy atom. The Morgan fingerprint density at radius 2 is 2.08 bits per heavy atom. The molecule has 3 aromatic heterocycles. The zero-order chi connectivity index (χ0) is 17.6. The number of hydrogen-bond acceptors (Lipinski definition) is 7. The van der Waals surface area contributed by atoms with Crippen molar-refractivity contribution in [1.29, 1.82) is 0 Å². The monoisotopic (exact) mass is 342 g/mol. The quantitative estimate of drug-likeness (QED) is 0.761. The minimum Gasteiger partial charge on any atom is -0.382 e. The van der Waals surface area contributed by atoms with Crippen LogP contribution in [0.25, 0.3) is 5.65 Å². The molecule has 0 saturated carbocycles. The highest BCUT2D eigenvalue weighted by Crippen LogP contribution is 2.32. The van der Waals surface area contributed by atoms with Gasteiger partial charge in [0.1, 0.15) is 17.1 Å². The summed E-state index contributed by atoms with van der Waals surface area (Å²) < 4.78 is 3.31. The lowest BCUT2D eigenvalue weighted by molar-refractivity contribution is 0.0174. The Bertz CT molecular complexity index is 901. The SMILES string of the molecule is Cc1nc2ccc(N3CCC[C@@](O)(c4cn(C(C)C)nn4)C3)nn2n1. The van der Waals surface area contributed by atoms with Gasteiger partial charge in [0.15, 0.2) is 11.5 Å². The molecule has 1 atom stereocenters. The number of aliphatic hydroxyl groups is 1. The fourth-order valence-electron chi connectivity index (χ4n) is 3.23. The molecular weight excluding hydrogens is 320 g/mol. The minimum atomic E-state index is -1.03. The van der Waals surface area contributed by atoms with E-state index in [1.807, 2.05) is 39.1 Å². The molecule has 1 saturated heterocycles. The summed E-state index contributed by atoms with van der Waals surface area (Å²) in [4.78, 5) is 6.36. The topological polar surface area (TPSA) is 97.3 Å². The summed E-state index contributed by atoms with van der Waals surface area (Å²) in [7, 11) is 0. The van der Waals surface area contributed by atoms with Gasteiger partial charge in [-0.15, -0.1) is 19.9 Å². The Labute approximate surface area is 145 Å². The van der Waals surface area contributed by atoms with Gasteiger partial charge in [-0.3, -0.25) is 0 Å². The van der Waals surface area contributed by atoms with Crippen molar-refractivity contribution in [2.45, 2.75) is 45.3 Å². The highest BCUT2D eigenvalue weighted by atomic mass is 16.3. The molecule has 1 fully saturated rings. The summed E-state index contributed by atoms with van der Waals surface area (Å²) in [5.74, 6) is 1.46. The molecule has 0 aromatic carbocycles. The number of anilines is 1. The second kappa shape index (κ2) is 5.76. The third-order valence-corrected chi connectivity index (χ3v) is 4.61. The predicted octanol–water partition coefficient (Wildman–Crippen LogP) is 1.09. The number of rotatable bonds is 3. The maximum atomic E-state index is 11.2. The third-order valence-electron chi connectivity index (χ3n) is 4.61. The summed E-state index contributed by atoms with van der Waals surface area (Å²) >= 11 is 0. The standard InChI is InChI=1S/C16H22N8O/c1-11(2)23-9-13(18-21-23)16(25)7-4-8-22(10-16)15-6-5-14-17-12(3)19-24(14)20-15/h5-6,9,11,25H,4,7-8,10H2,1-3H3/t16-/m0/s1. The molecule has 1 aliphatic heterocycles. The average Bonchev–Trinajstić information content (AvgIpc) is 3.20.